The Morgan fingerprint density at radius 3 is 0.842 bits per heavy atom. The number of urea groups is 2. The molecule has 0 aliphatic carbocycles. The molecule has 4 heterocycles. The van der Waals surface area contributed by atoms with Crippen LogP contribution in [0, 0.1) is 20.0 Å². The molecule has 2 aliphatic heterocycles. The van der Waals surface area contributed by atoms with Crippen molar-refractivity contribution in [3.63, 3.8) is 0 Å². The number of piperidine rings is 1. The Kier molecular flexibility index (Phi) is 45.0. The molecule has 0 spiro atoms. The van der Waals surface area contributed by atoms with Crippen LogP contribution in [0.1, 0.15) is 88.8 Å². The monoisotopic (exact) mass is 2150 g/mol. The predicted octanol–water partition coefficient (Wildman–Crippen LogP) is 24.7. The van der Waals surface area contributed by atoms with Crippen molar-refractivity contribution < 1.29 is 72.1 Å². The zero-order chi connectivity index (χ0) is 98.0. The van der Waals surface area contributed by atoms with E-state index in [0.29, 0.717) is 18.8 Å². The third kappa shape index (κ3) is 34.9. The first-order valence-corrected chi connectivity index (χ1v) is 59.4. The van der Waals surface area contributed by atoms with Gasteiger partial charge in [0, 0.05) is 64.2 Å². The van der Waals surface area contributed by atoms with Crippen molar-refractivity contribution in [1.82, 2.24) is 19.8 Å². The molecule has 710 valence electrons. The first kappa shape index (κ1) is 110. The van der Waals surface area contributed by atoms with Gasteiger partial charge in [-0.1, -0.05) is 461 Å². The minimum Gasteiger partial charge on any atom is -0.0622 e. The number of alkyl halides is 3. The number of hydrogen-bond acceptors (Lipinski definition) is 7. The van der Waals surface area contributed by atoms with Crippen LogP contribution in [-0.4, -0.2) is 78.0 Å². The smallest absolute Gasteiger partial charge is 0.0134 e. The zero-order valence-electron chi connectivity index (χ0n) is 79.4. The largest absolute Gasteiger partial charge is 0.0622 e. The molecule has 1 fully saturated rings. The van der Waals surface area contributed by atoms with E-state index in [0.717, 1.165) is 28.9 Å². The number of rotatable bonds is 17. The van der Waals surface area contributed by atoms with Crippen LogP contribution < -0.4 is 74.3 Å². The summed E-state index contributed by atoms with van der Waals surface area (Å²) in [5.41, 5.74) is 2.99. The van der Waals surface area contributed by atoms with Crippen LogP contribution in [0.4, 0.5) is 34.1 Å². The van der Waals surface area contributed by atoms with E-state index < -0.39 is 59.4 Å². The quantitative estimate of drug-likeness (QED) is 0.0305. The normalized spacial score (nSPS) is 12.3. The van der Waals surface area contributed by atoms with Crippen LogP contribution in [0.25, 0.3) is 5.57 Å². The number of halogens is 4. The summed E-state index contributed by atoms with van der Waals surface area (Å²) in [6.07, 6.45) is 8.18. The molecule has 2 aliphatic rings. The van der Waals surface area contributed by atoms with Gasteiger partial charge in [-0.2, -0.15) is 33.7 Å². The van der Waals surface area contributed by atoms with Gasteiger partial charge in [-0.05, 0) is 185 Å². The fourth-order valence-electron chi connectivity index (χ4n) is 14.9. The van der Waals surface area contributed by atoms with Crippen molar-refractivity contribution in [3.05, 3.63) is 489 Å². The molecule has 0 bridgehead atoms. The molecule has 2 N–H and O–H groups in total. The van der Waals surface area contributed by atoms with Crippen molar-refractivity contribution in [2.75, 3.05) is 36.8 Å². The average molecular weight is 2150 g/mol. The summed E-state index contributed by atoms with van der Waals surface area (Å²) in [5.74, 6) is 0. The number of aryl methyl sites for hydroxylation is 2. The van der Waals surface area contributed by atoms with Crippen molar-refractivity contribution in [3.8, 4) is 0 Å². The number of carbonyl (C=O) groups excluding carboxylic acids is 2. The number of benzene rings is 14. The summed E-state index contributed by atoms with van der Waals surface area (Å²) in [4.78, 5) is 36.3. The molecule has 11 nitrogen and oxygen atoms in total. The minimum absolute atomic E-state index is 0. The van der Waals surface area contributed by atoms with E-state index in [1.165, 1.54) is 102 Å². The summed E-state index contributed by atoms with van der Waals surface area (Å²) in [7, 11) is -7.40. The third-order valence-electron chi connectivity index (χ3n) is 22.0. The van der Waals surface area contributed by atoms with E-state index in [1.807, 2.05) is 60.5 Å². The molecule has 0 saturated carbocycles. The second-order valence-electron chi connectivity index (χ2n) is 34.1. The molecular weight excluding hydrogens is 2030 g/mol. The molecule has 22 heteroatoms. The predicted molar refractivity (Wildman–Crippen MR) is 579 cm³/mol. The van der Waals surface area contributed by atoms with E-state index in [-0.39, 0.29) is 63.2 Å². The molecule has 16 aromatic rings. The van der Waals surface area contributed by atoms with Crippen LogP contribution in [0.2, 0.25) is 0 Å². The van der Waals surface area contributed by atoms with E-state index >= 15 is 0 Å². The van der Waals surface area contributed by atoms with Gasteiger partial charge in [0.05, 0.1) is 11.8 Å². The van der Waals surface area contributed by atoms with E-state index in [9.17, 15) is 31.2 Å². The number of amides is 4. The molecule has 1 saturated heterocycles. The second-order valence-corrected chi connectivity index (χ2v) is 44.5. The Bertz CT molecular complexity index is 5540. The van der Waals surface area contributed by atoms with Gasteiger partial charge in [0.1, 0.15) is 0 Å². The molecule has 139 heavy (non-hydrogen) atoms. The van der Waals surface area contributed by atoms with E-state index in [2.05, 4.69) is 481 Å². The first-order valence-electron chi connectivity index (χ1n) is 45.6. The fraction of sp³-hybridized carbons (Fsp3) is 0.162. The second kappa shape index (κ2) is 56.9. The summed E-state index contributed by atoms with van der Waals surface area (Å²) >= 11 is 4.25. The maximum atomic E-state index is 12.5. The van der Waals surface area contributed by atoms with Crippen molar-refractivity contribution in [2.45, 2.75) is 97.1 Å². The van der Waals surface area contributed by atoms with Gasteiger partial charge in [-0.25, -0.2) is 9.59 Å². The molecule has 0 unspecified atom stereocenters. The van der Waals surface area contributed by atoms with Crippen molar-refractivity contribution in [2.24, 2.45) is 0 Å². The summed E-state index contributed by atoms with van der Waals surface area (Å²) in [5, 5.41) is 22.5. The van der Waals surface area contributed by atoms with Crippen LogP contribution in [-0.2, 0) is 61.9 Å². The van der Waals surface area contributed by atoms with Gasteiger partial charge < -0.3 is 25.4 Å². The topological polar surface area (TPSA) is 134 Å². The molecular formula is C117H116BrF3N6O5P4PdSZn. The minimum atomic E-state index is -5.62. The fourth-order valence-corrected chi connectivity index (χ4v) is 24.8. The van der Waals surface area contributed by atoms with Crippen LogP contribution in [0.15, 0.2) is 455 Å². The van der Waals surface area contributed by atoms with E-state index in [1.54, 1.807) is 18.3 Å². The van der Waals surface area contributed by atoms with Crippen molar-refractivity contribution >= 4 is 148 Å². The maximum absolute atomic E-state index is 12.5. The number of hydrogen-bond donors (Lipinski definition) is 2. The molecule has 0 radical (unpaired) electrons. The summed E-state index contributed by atoms with van der Waals surface area (Å²) in [6.45, 7) is 18.3. The number of pyridine rings is 2. The molecule has 0 atom stereocenters. The number of aromatic nitrogens is 2. The number of carbonyl (C=O) groups is 2. The van der Waals surface area contributed by atoms with Gasteiger partial charge in [0.2, 0.25) is 0 Å². The number of nitrogens with zero attached hydrogens (tertiary/aromatic N) is 4. The molecule has 2 aromatic heterocycles. The number of likely N-dealkylation sites (tertiary alicyclic amines) is 1. The molecule has 4 amide bonds. The summed E-state index contributed by atoms with van der Waals surface area (Å²) < 4.78 is 63.3. The Morgan fingerprint density at radius 1 is 0.374 bits per heavy atom. The van der Waals surface area contributed by atoms with Crippen molar-refractivity contribution in [1.29, 1.82) is 0 Å². The summed E-state index contributed by atoms with van der Waals surface area (Å²) in [6, 6.07) is 152. The molecule has 18 rings (SSSR count). The number of anilines is 2. The maximum Gasteiger partial charge on any atom is -0.0134 e. The van der Waals surface area contributed by atoms with Gasteiger partial charge in [-0.3, -0.25) is 9.17 Å². The van der Waals surface area contributed by atoms with Gasteiger partial charge in [-0.15, -0.1) is 5.56 Å². The Morgan fingerprint density at radius 2 is 0.633 bits per heavy atom. The average Bonchev–Trinajstić information content (AvgIpc) is 0.812. The van der Waals surface area contributed by atoms with Crippen LogP contribution >= 0.6 is 45.3 Å². The van der Waals surface area contributed by atoms with Gasteiger partial charge >= 0.3 is 57.7 Å². The Balaban J connectivity index is 0.000000169. The van der Waals surface area contributed by atoms with Crippen LogP contribution in [0.3, 0.4) is 0 Å². The van der Waals surface area contributed by atoms with E-state index in [4.69, 9.17) is 0 Å². The Labute approximate surface area is 856 Å². The van der Waals surface area contributed by atoms with Gasteiger partial charge in [0.25, 0.3) is 0 Å². The van der Waals surface area contributed by atoms with Gasteiger partial charge in [0.15, 0.2) is 0 Å². The standard InChI is InChI=1S/C22H27N3O.4C18H15P.C17H23F3N2O4S.C6H6N.BrH.Pd.Zn/c1-16-6-5-13-23-20(16)17-11-14-25(15-12-17)21(26)24-19-9-7-18(8-10-19)22(2,3)4;4*1-4-10-16(11-5-1)19(17-12-6-2-7-13-17)18-14-8-3-9-15-18;1-16(2,3)12-4-6-13(7-5-12)21-15(23)22-10-8-14(9-11-22)26-27(24,25)17(18,19)20;1-6-3-2-4-7-5-6;;;/h5-11,13H,12,14-15H2,1-4H3,(H,24,26);4*1-15H;4-7,14H,8-11H2,1-3H3,(H,21,23);2-4H,1H3;1H;;/q;;;;;;-1;;;+2/p-1. The Hall–Kier alpha value is -11.2. The zero-order valence-corrected chi connectivity index (χ0v) is 89.9. The number of nitrogens with one attached hydrogen (secondary N) is 2. The third-order valence-corrected chi connectivity index (χ3v) is 32.9. The SMILES string of the molecule is CC(C)(C)c1ccc(NC(=O)N2CCC(OS(=O)(=O)C(F)(F)F)CC2)cc1.Cc1[c-]nccc1.Cc1cccnc1C1=CCN(C(=O)Nc2ccc(C(C)(C)C)cc2)CC1.[Pd].[Zn+][Br].c1ccc(P(c2ccccc2)c2ccccc2)cc1.c1ccc(P(c2ccccc2)c2ccccc2)cc1.c1ccc(P(c2ccccc2)c2ccccc2)cc1.c1ccc(P(c2ccccc2)c2ccccc2)cc1. The first-order chi connectivity index (χ1) is 66.8. The van der Waals surface area contributed by atoms with Crippen LogP contribution in [0.5, 0.6) is 0 Å². The molecule has 14 aromatic carbocycles.